The second-order valence-electron chi connectivity index (χ2n) is 5.18. The summed E-state index contributed by atoms with van der Waals surface area (Å²) in [5, 5.41) is 2.78. The molecule has 1 aliphatic rings. The van der Waals surface area contributed by atoms with Gasteiger partial charge in [-0.25, -0.2) is 8.42 Å². The Kier molecular flexibility index (Phi) is 4.45. The number of rotatable bonds is 6. The number of nitrogens with one attached hydrogen (secondary N) is 1. The first-order valence-electron chi connectivity index (χ1n) is 6.70. The van der Waals surface area contributed by atoms with Gasteiger partial charge in [0.15, 0.2) is 0 Å². The molecule has 0 saturated heterocycles. The molecule has 0 aliphatic heterocycles. The van der Waals surface area contributed by atoms with E-state index < -0.39 is 10.0 Å². The molecule has 1 N–H and O–H groups in total. The lowest BCUT2D eigenvalue weighted by Crippen LogP contribution is -2.39. The number of amides is 1. The van der Waals surface area contributed by atoms with Gasteiger partial charge in [0.2, 0.25) is 10.0 Å². The maximum absolute atomic E-state index is 12.0. The lowest BCUT2D eigenvalue weighted by molar-refractivity contribution is 0.0950. The maximum Gasteiger partial charge on any atom is 0.251 e. The van der Waals surface area contributed by atoms with Crippen LogP contribution in [-0.4, -0.2) is 44.0 Å². The third-order valence-corrected chi connectivity index (χ3v) is 4.72. The van der Waals surface area contributed by atoms with E-state index in [-0.39, 0.29) is 11.9 Å². The van der Waals surface area contributed by atoms with E-state index in [9.17, 15) is 13.2 Å². The number of nitrogens with zero attached hydrogens (tertiary/aromatic N) is 1. The number of carbonyl (C=O) groups excluding carboxylic acids is 1. The fourth-order valence-corrected chi connectivity index (χ4v) is 3.36. The Morgan fingerprint density at radius 2 is 2.00 bits per heavy atom. The summed E-state index contributed by atoms with van der Waals surface area (Å²) in [6.45, 7) is 2.54. The Labute approximate surface area is 120 Å². The summed E-state index contributed by atoms with van der Waals surface area (Å²) in [7, 11) is -3.19. The summed E-state index contributed by atoms with van der Waals surface area (Å²) in [5.74, 6) is -0.160. The molecule has 0 heterocycles. The van der Waals surface area contributed by atoms with E-state index in [0.717, 1.165) is 18.4 Å². The lowest BCUT2D eigenvalue weighted by Gasteiger charge is -2.19. The molecule has 110 valence electrons. The van der Waals surface area contributed by atoms with Crippen LogP contribution >= 0.6 is 0 Å². The third kappa shape index (κ3) is 3.80. The zero-order chi connectivity index (χ0) is 14.8. The van der Waals surface area contributed by atoms with Gasteiger partial charge in [-0.2, -0.15) is 4.31 Å². The van der Waals surface area contributed by atoms with E-state index >= 15 is 0 Å². The molecule has 0 bridgehead atoms. The molecule has 0 atom stereocenters. The van der Waals surface area contributed by atoms with Crippen LogP contribution in [0.2, 0.25) is 0 Å². The van der Waals surface area contributed by atoms with E-state index in [1.165, 1.54) is 10.6 Å². The van der Waals surface area contributed by atoms with Crippen LogP contribution < -0.4 is 5.32 Å². The number of aryl methyl sites for hydroxylation is 1. The molecular formula is C14H20N2O3S. The molecule has 0 unspecified atom stereocenters. The van der Waals surface area contributed by atoms with E-state index in [2.05, 4.69) is 5.32 Å². The highest BCUT2D eigenvalue weighted by Gasteiger charge is 2.34. The Balaban J connectivity index is 1.89. The number of carbonyl (C=O) groups is 1. The van der Waals surface area contributed by atoms with Gasteiger partial charge in [-0.1, -0.05) is 18.2 Å². The smallest absolute Gasteiger partial charge is 0.251 e. The molecule has 20 heavy (non-hydrogen) atoms. The summed E-state index contributed by atoms with van der Waals surface area (Å²) in [6, 6.07) is 7.46. The third-order valence-electron chi connectivity index (χ3n) is 3.39. The molecule has 1 aromatic carbocycles. The first-order valence-corrected chi connectivity index (χ1v) is 8.55. The van der Waals surface area contributed by atoms with E-state index in [4.69, 9.17) is 0 Å². The highest BCUT2D eigenvalue weighted by molar-refractivity contribution is 7.88. The van der Waals surface area contributed by atoms with Crippen LogP contribution in [0.1, 0.15) is 28.8 Å². The van der Waals surface area contributed by atoms with Gasteiger partial charge in [-0.05, 0) is 31.4 Å². The van der Waals surface area contributed by atoms with Gasteiger partial charge < -0.3 is 5.32 Å². The van der Waals surface area contributed by atoms with Gasteiger partial charge in [0, 0.05) is 24.7 Å². The second-order valence-corrected chi connectivity index (χ2v) is 7.11. The largest absolute Gasteiger partial charge is 0.351 e. The minimum Gasteiger partial charge on any atom is -0.351 e. The van der Waals surface area contributed by atoms with Gasteiger partial charge in [-0.3, -0.25) is 4.79 Å². The molecule has 1 aliphatic carbocycles. The van der Waals surface area contributed by atoms with Crippen molar-refractivity contribution in [2.45, 2.75) is 25.8 Å². The topological polar surface area (TPSA) is 66.5 Å². The van der Waals surface area contributed by atoms with Crippen molar-refractivity contribution in [3.63, 3.8) is 0 Å². The molecule has 1 fully saturated rings. The predicted octanol–water partition coefficient (Wildman–Crippen LogP) is 1.15. The summed E-state index contributed by atoms with van der Waals surface area (Å²) in [6.07, 6.45) is 3.05. The molecule has 0 radical (unpaired) electrons. The number of hydrogen-bond acceptors (Lipinski definition) is 3. The number of benzene rings is 1. The molecule has 0 aromatic heterocycles. The Morgan fingerprint density at radius 1 is 1.35 bits per heavy atom. The fraction of sp³-hybridized carbons (Fsp3) is 0.500. The first kappa shape index (κ1) is 15.0. The van der Waals surface area contributed by atoms with Gasteiger partial charge in [-0.15, -0.1) is 0 Å². The van der Waals surface area contributed by atoms with Crippen molar-refractivity contribution in [2.24, 2.45) is 0 Å². The number of hydrogen-bond donors (Lipinski definition) is 1. The SMILES string of the molecule is Cc1ccccc1C(=O)NCCN(C1CC1)S(C)(=O)=O. The lowest BCUT2D eigenvalue weighted by atomic mass is 10.1. The Morgan fingerprint density at radius 3 is 2.55 bits per heavy atom. The quantitative estimate of drug-likeness (QED) is 0.856. The normalized spacial score (nSPS) is 15.3. The standard InChI is InChI=1S/C14H20N2O3S/c1-11-5-3-4-6-13(11)14(17)15-9-10-16(12-7-8-12)20(2,18)19/h3-6,12H,7-10H2,1-2H3,(H,15,17). The van der Waals surface area contributed by atoms with E-state index in [1.54, 1.807) is 6.07 Å². The summed E-state index contributed by atoms with van der Waals surface area (Å²) >= 11 is 0. The Bertz CT molecular complexity index is 594. The van der Waals surface area contributed by atoms with Gasteiger partial charge in [0.05, 0.1) is 6.26 Å². The van der Waals surface area contributed by atoms with Crippen LogP contribution in [0.15, 0.2) is 24.3 Å². The predicted molar refractivity (Wildman–Crippen MR) is 78.1 cm³/mol. The van der Waals surface area contributed by atoms with Crippen molar-refractivity contribution >= 4 is 15.9 Å². The van der Waals surface area contributed by atoms with Gasteiger partial charge in [0.25, 0.3) is 5.91 Å². The minimum atomic E-state index is -3.19. The van der Waals surface area contributed by atoms with Crippen molar-refractivity contribution in [3.8, 4) is 0 Å². The molecule has 1 aromatic rings. The number of sulfonamides is 1. The van der Waals surface area contributed by atoms with E-state index in [0.29, 0.717) is 18.7 Å². The molecular weight excluding hydrogens is 276 g/mol. The first-order chi connectivity index (χ1) is 9.39. The van der Waals surface area contributed by atoms with Gasteiger partial charge in [0.1, 0.15) is 0 Å². The monoisotopic (exact) mass is 296 g/mol. The van der Waals surface area contributed by atoms with Crippen LogP contribution in [0.4, 0.5) is 0 Å². The molecule has 1 amide bonds. The van der Waals surface area contributed by atoms with Crippen molar-refractivity contribution in [3.05, 3.63) is 35.4 Å². The Hall–Kier alpha value is -1.40. The van der Waals surface area contributed by atoms with Crippen LogP contribution in [-0.2, 0) is 10.0 Å². The summed E-state index contributed by atoms with van der Waals surface area (Å²) < 4.78 is 24.7. The van der Waals surface area contributed by atoms with Crippen LogP contribution in [0, 0.1) is 6.92 Å². The van der Waals surface area contributed by atoms with Crippen molar-refractivity contribution < 1.29 is 13.2 Å². The van der Waals surface area contributed by atoms with Crippen LogP contribution in [0.3, 0.4) is 0 Å². The zero-order valence-electron chi connectivity index (χ0n) is 11.8. The molecule has 5 nitrogen and oxygen atoms in total. The summed E-state index contributed by atoms with van der Waals surface area (Å²) in [4.78, 5) is 12.0. The molecule has 2 rings (SSSR count). The average Bonchev–Trinajstić information content (AvgIpc) is 3.17. The van der Waals surface area contributed by atoms with Gasteiger partial charge >= 0.3 is 0 Å². The summed E-state index contributed by atoms with van der Waals surface area (Å²) in [5.41, 5.74) is 1.54. The zero-order valence-corrected chi connectivity index (χ0v) is 12.6. The fourth-order valence-electron chi connectivity index (χ4n) is 2.18. The highest BCUT2D eigenvalue weighted by atomic mass is 32.2. The molecule has 6 heteroatoms. The second kappa shape index (κ2) is 5.93. The van der Waals surface area contributed by atoms with Crippen LogP contribution in [0.25, 0.3) is 0 Å². The van der Waals surface area contributed by atoms with Crippen molar-refractivity contribution in [2.75, 3.05) is 19.3 Å². The molecule has 0 spiro atoms. The van der Waals surface area contributed by atoms with Crippen LogP contribution in [0.5, 0.6) is 0 Å². The molecule has 1 saturated carbocycles. The average molecular weight is 296 g/mol. The van der Waals surface area contributed by atoms with Crippen molar-refractivity contribution in [1.82, 2.24) is 9.62 Å². The van der Waals surface area contributed by atoms with E-state index in [1.807, 2.05) is 25.1 Å². The van der Waals surface area contributed by atoms with Crippen molar-refractivity contribution in [1.29, 1.82) is 0 Å². The minimum absolute atomic E-state index is 0.125. The highest BCUT2D eigenvalue weighted by Crippen LogP contribution is 2.28. The maximum atomic E-state index is 12.0.